The molecule has 0 saturated heterocycles. The Morgan fingerprint density at radius 1 is 0.750 bits per heavy atom. The van der Waals surface area contributed by atoms with E-state index in [-0.39, 0.29) is 11.8 Å². The summed E-state index contributed by atoms with van der Waals surface area (Å²) in [7, 11) is 0. The van der Waals surface area contributed by atoms with Gasteiger partial charge in [0.2, 0.25) is 5.91 Å². The molecule has 24 heavy (non-hydrogen) atoms. The Balaban J connectivity index is 1.78. The molecule has 2 heteroatoms. The molecule has 0 atom stereocenters. The van der Waals surface area contributed by atoms with Crippen molar-refractivity contribution in [1.29, 1.82) is 0 Å². The molecule has 0 radical (unpaired) electrons. The summed E-state index contributed by atoms with van der Waals surface area (Å²) >= 11 is 0. The van der Waals surface area contributed by atoms with Crippen LogP contribution in [0, 0.1) is 0 Å². The average molecular weight is 321 g/mol. The second-order valence-corrected chi connectivity index (χ2v) is 6.81. The van der Waals surface area contributed by atoms with Crippen molar-refractivity contribution in [3.63, 3.8) is 0 Å². The Hall–Kier alpha value is -2.09. The van der Waals surface area contributed by atoms with Gasteiger partial charge in [-0.05, 0) is 24.0 Å². The first-order chi connectivity index (χ1) is 11.8. The van der Waals surface area contributed by atoms with Crippen LogP contribution in [0.3, 0.4) is 0 Å². The van der Waals surface area contributed by atoms with Gasteiger partial charge in [0.15, 0.2) is 0 Å². The van der Waals surface area contributed by atoms with Gasteiger partial charge in [0, 0.05) is 6.04 Å². The number of hydrogen-bond acceptors (Lipinski definition) is 1. The zero-order chi connectivity index (χ0) is 16.6. The summed E-state index contributed by atoms with van der Waals surface area (Å²) in [6, 6.07) is 20.6. The van der Waals surface area contributed by atoms with E-state index < -0.39 is 0 Å². The first-order valence-corrected chi connectivity index (χ1v) is 9.25. The van der Waals surface area contributed by atoms with Crippen LogP contribution in [-0.2, 0) is 4.79 Å². The van der Waals surface area contributed by atoms with E-state index in [0.717, 1.165) is 24.0 Å². The van der Waals surface area contributed by atoms with Crippen LogP contribution in [0.25, 0.3) is 0 Å². The quantitative estimate of drug-likeness (QED) is 0.839. The van der Waals surface area contributed by atoms with Gasteiger partial charge >= 0.3 is 0 Å². The van der Waals surface area contributed by atoms with Crippen LogP contribution < -0.4 is 5.32 Å². The summed E-state index contributed by atoms with van der Waals surface area (Å²) in [5, 5.41) is 3.34. The Labute approximate surface area is 145 Å². The molecule has 0 bridgehead atoms. The summed E-state index contributed by atoms with van der Waals surface area (Å²) in [4.78, 5) is 13.1. The van der Waals surface area contributed by atoms with Crippen molar-refractivity contribution in [2.24, 2.45) is 0 Å². The molecule has 0 heterocycles. The molecule has 0 spiro atoms. The number of carbonyl (C=O) groups excluding carboxylic acids is 1. The molecule has 1 amide bonds. The maximum Gasteiger partial charge on any atom is 0.232 e. The van der Waals surface area contributed by atoms with E-state index in [2.05, 4.69) is 29.6 Å². The van der Waals surface area contributed by atoms with Gasteiger partial charge in [0.25, 0.3) is 0 Å². The van der Waals surface area contributed by atoms with Crippen LogP contribution in [-0.4, -0.2) is 11.9 Å². The van der Waals surface area contributed by atoms with Gasteiger partial charge in [-0.15, -0.1) is 0 Å². The van der Waals surface area contributed by atoms with Gasteiger partial charge in [0.1, 0.15) is 0 Å². The average Bonchev–Trinajstić information content (AvgIpc) is 2.59. The smallest absolute Gasteiger partial charge is 0.232 e. The highest BCUT2D eigenvalue weighted by Gasteiger charge is 2.24. The standard InChI is InChI=1S/C22H27NO/c24-22(23-20-16-10-2-1-3-11-17-20)21(18-12-6-4-7-13-18)19-14-8-5-9-15-19/h4-9,12-15,20-21H,1-3,10-11,16-17H2,(H,23,24). The molecule has 2 aromatic rings. The highest BCUT2D eigenvalue weighted by atomic mass is 16.1. The van der Waals surface area contributed by atoms with E-state index in [9.17, 15) is 4.79 Å². The van der Waals surface area contributed by atoms with Crippen molar-refractivity contribution in [2.75, 3.05) is 0 Å². The lowest BCUT2D eigenvalue weighted by atomic mass is 9.89. The highest BCUT2D eigenvalue weighted by molar-refractivity contribution is 5.87. The van der Waals surface area contributed by atoms with E-state index in [4.69, 9.17) is 0 Å². The van der Waals surface area contributed by atoms with Gasteiger partial charge in [-0.2, -0.15) is 0 Å². The zero-order valence-electron chi connectivity index (χ0n) is 14.3. The Bertz CT molecular complexity index is 575. The predicted molar refractivity (Wildman–Crippen MR) is 99.0 cm³/mol. The zero-order valence-corrected chi connectivity index (χ0v) is 14.3. The number of hydrogen-bond donors (Lipinski definition) is 1. The number of benzene rings is 2. The molecule has 2 aromatic carbocycles. The minimum absolute atomic E-state index is 0.137. The molecular weight excluding hydrogens is 294 g/mol. The summed E-state index contributed by atoms with van der Waals surface area (Å²) in [5.41, 5.74) is 2.12. The molecule has 3 rings (SSSR count). The largest absolute Gasteiger partial charge is 0.353 e. The van der Waals surface area contributed by atoms with Crippen molar-refractivity contribution in [2.45, 2.75) is 56.9 Å². The van der Waals surface area contributed by atoms with Crippen LogP contribution >= 0.6 is 0 Å². The van der Waals surface area contributed by atoms with Gasteiger partial charge < -0.3 is 5.32 Å². The highest BCUT2D eigenvalue weighted by Crippen LogP contribution is 2.26. The minimum atomic E-state index is -0.224. The van der Waals surface area contributed by atoms with Crippen LogP contribution in [0.1, 0.15) is 62.0 Å². The molecule has 1 fully saturated rings. The first kappa shape index (κ1) is 16.8. The first-order valence-electron chi connectivity index (χ1n) is 9.25. The maximum absolute atomic E-state index is 13.1. The third-order valence-corrected chi connectivity index (χ3v) is 4.98. The number of amides is 1. The molecule has 2 nitrogen and oxygen atoms in total. The van der Waals surface area contributed by atoms with E-state index in [1.54, 1.807) is 0 Å². The Morgan fingerprint density at radius 2 is 1.21 bits per heavy atom. The summed E-state index contributed by atoms with van der Waals surface area (Å²) < 4.78 is 0. The molecule has 0 aromatic heterocycles. The molecule has 1 N–H and O–H groups in total. The van der Waals surface area contributed by atoms with Crippen LogP contribution in [0.5, 0.6) is 0 Å². The summed E-state index contributed by atoms with van der Waals surface area (Å²) in [6.45, 7) is 0. The third kappa shape index (κ3) is 4.47. The van der Waals surface area contributed by atoms with Gasteiger partial charge in [-0.3, -0.25) is 4.79 Å². The fourth-order valence-electron chi connectivity index (χ4n) is 3.67. The topological polar surface area (TPSA) is 29.1 Å². The normalized spacial score (nSPS) is 16.4. The summed E-state index contributed by atoms with van der Waals surface area (Å²) in [5.74, 6) is -0.0872. The molecular formula is C22H27NO. The van der Waals surface area contributed by atoms with Crippen molar-refractivity contribution < 1.29 is 4.79 Å². The van der Waals surface area contributed by atoms with Crippen molar-refractivity contribution in [3.05, 3.63) is 71.8 Å². The molecule has 126 valence electrons. The molecule has 0 aliphatic heterocycles. The van der Waals surface area contributed by atoms with E-state index in [1.807, 2.05) is 36.4 Å². The van der Waals surface area contributed by atoms with Gasteiger partial charge in [-0.25, -0.2) is 0 Å². The van der Waals surface area contributed by atoms with Crippen molar-refractivity contribution >= 4 is 5.91 Å². The molecule has 1 aliphatic carbocycles. The Morgan fingerprint density at radius 3 is 1.71 bits per heavy atom. The Kier molecular flexibility index (Phi) is 6.06. The van der Waals surface area contributed by atoms with Gasteiger partial charge in [-0.1, -0.05) is 92.8 Å². The van der Waals surface area contributed by atoms with Crippen LogP contribution in [0.15, 0.2) is 60.7 Å². The monoisotopic (exact) mass is 321 g/mol. The lowest BCUT2D eigenvalue weighted by Gasteiger charge is -2.25. The molecule has 0 unspecified atom stereocenters. The second kappa shape index (κ2) is 8.68. The van der Waals surface area contributed by atoms with E-state index in [0.29, 0.717) is 6.04 Å². The second-order valence-electron chi connectivity index (χ2n) is 6.81. The van der Waals surface area contributed by atoms with Crippen LogP contribution in [0.4, 0.5) is 0 Å². The number of rotatable bonds is 4. The molecule has 1 saturated carbocycles. The lowest BCUT2D eigenvalue weighted by Crippen LogP contribution is -2.38. The van der Waals surface area contributed by atoms with Crippen molar-refractivity contribution in [3.8, 4) is 0 Å². The minimum Gasteiger partial charge on any atom is -0.353 e. The maximum atomic E-state index is 13.1. The van der Waals surface area contributed by atoms with Gasteiger partial charge in [0.05, 0.1) is 5.92 Å². The fraction of sp³-hybridized carbons (Fsp3) is 0.409. The number of carbonyl (C=O) groups is 1. The third-order valence-electron chi connectivity index (χ3n) is 4.98. The SMILES string of the molecule is O=C(NC1CCCCCCC1)C(c1ccccc1)c1ccccc1. The summed E-state index contributed by atoms with van der Waals surface area (Å²) in [6.07, 6.45) is 8.63. The molecule has 1 aliphatic rings. The number of nitrogens with one attached hydrogen (secondary N) is 1. The predicted octanol–water partition coefficient (Wildman–Crippen LogP) is 5.05. The van der Waals surface area contributed by atoms with Crippen molar-refractivity contribution in [1.82, 2.24) is 5.32 Å². The van der Waals surface area contributed by atoms with E-state index in [1.165, 1.54) is 32.1 Å². The fourth-order valence-corrected chi connectivity index (χ4v) is 3.67. The van der Waals surface area contributed by atoms with E-state index >= 15 is 0 Å². The lowest BCUT2D eigenvalue weighted by molar-refractivity contribution is -0.122. The van der Waals surface area contributed by atoms with Crippen LogP contribution in [0.2, 0.25) is 0 Å².